The number of halogens is 3. The van der Waals surface area contributed by atoms with Crippen LogP contribution in [0.4, 0.5) is 13.2 Å². The van der Waals surface area contributed by atoms with E-state index in [0.29, 0.717) is 13.1 Å². The molecule has 0 aromatic carbocycles. The molecule has 0 aromatic rings. The van der Waals surface area contributed by atoms with E-state index in [0.717, 1.165) is 0 Å². The van der Waals surface area contributed by atoms with Gasteiger partial charge in [-0.15, -0.1) is 0 Å². The average molecular weight is 155 g/mol. The molecule has 0 radical (unpaired) electrons. The molecule has 0 aliphatic carbocycles. The largest absolute Gasteiger partial charge is 0.384 e. The second-order valence-corrected chi connectivity index (χ2v) is 2.17. The molecule has 0 atom stereocenters. The van der Waals surface area contributed by atoms with Crippen LogP contribution in [0.1, 0.15) is 0 Å². The summed E-state index contributed by atoms with van der Waals surface area (Å²) in [6, 6.07) is 0. The van der Waals surface area contributed by atoms with Gasteiger partial charge in [-0.1, -0.05) is 0 Å². The molecule has 0 unspecified atom stereocenters. The molecule has 1 rings (SSSR count). The Labute approximate surface area is 56.4 Å². The van der Waals surface area contributed by atoms with Gasteiger partial charge in [0, 0.05) is 13.1 Å². The summed E-state index contributed by atoms with van der Waals surface area (Å²) in [5.41, 5.74) is 0. The van der Waals surface area contributed by atoms with Crippen LogP contribution in [0.3, 0.4) is 0 Å². The third-order valence-electron chi connectivity index (χ3n) is 1.24. The van der Waals surface area contributed by atoms with Crippen molar-refractivity contribution in [2.45, 2.75) is 12.2 Å². The normalized spacial score (nSPS) is 20.7. The molecular weight excluding hydrogens is 147 g/mol. The number of hydrogen-bond donors (Lipinski definition) is 1. The zero-order chi connectivity index (χ0) is 7.61. The molecule has 0 spiro atoms. The summed E-state index contributed by atoms with van der Waals surface area (Å²) in [6.07, 6.45) is -4.11. The SMILES string of the molecule is FCC(F)(F)OC1CNC1. The smallest absolute Gasteiger partial charge is 0.312 e. The molecule has 60 valence electrons. The van der Waals surface area contributed by atoms with E-state index in [1.807, 2.05) is 0 Å². The molecule has 1 heterocycles. The first-order valence-corrected chi connectivity index (χ1v) is 2.96. The molecule has 1 N–H and O–H groups in total. The van der Waals surface area contributed by atoms with E-state index in [2.05, 4.69) is 10.1 Å². The van der Waals surface area contributed by atoms with Crippen LogP contribution in [-0.4, -0.2) is 32.0 Å². The predicted octanol–water partition coefficient (Wildman–Crippen LogP) is 0.537. The van der Waals surface area contributed by atoms with Gasteiger partial charge in [0.15, 0.2) is 6.67 Å². The maximum Gasteiger partial charge on any atom is 0.384 e. The number of alkyl halides is 3. The van der Waals surface area contributed by atoms with Crippen molar-refractivity contribution >= 4 is 0 Å². The van der Waals surface area contributed by atoms with Gasteiger partial charge in [0.25, 0.3) is 0 Å². The molecule has 0 aromatic heterocycles. The summed E-state index contributed by atoms with van der Waals surface area (Å²) in [4.78, 5) is 0. The maximum atomic E-state index is 12.0. The lowest BCUT2D eigenvalue weighted by molar-refractivity contribution is -0.275. The summed E-state index contributed by atoms with van der Waals surface area (Å²) in [5, 5.41) is 2.73. The van der Waals surface area contributed by atoms with Gasteiger partial charge in [0.05, 0.1) is 6.10 Å². The van der Waals surface area contributed by atoms with Gasteiger partial charge in [-0.05, 0) is 0 Å². The molecule has 1 saturated heterocycles. The molecule has 10 heavy (non-hydrogen) atoms. The van der Waals surface area contributed by atoms with Crippen LogP contribution >= 0.6 is 0 Å². The van der Waals surface area contributed by atoms with Gasteiger partial charge in [-0.25, -0.2) is 4.39 Å². The lowest BCUT2D eigenvalue weighted by Crippen LogP contribution is -2.51. The van der Waals surface area contributed by atoms with Crippen LogP contribution in [0.2, 0.25) is 0 Å². The molecular formula is C5H8F3NO. The summed E-state index contributed by atoms with van der Waals surface area (Å²) in [6.45, 7) is -0.978. The predicted molar refractivity (Wildman–Crippen MR) is 28.7 cm³/mol. The molecule has 1 fully saturated rings. The van der Waals surface area contributed by atoms with Crippen LogP contribution < -0.4 is 5.32 Å². The number of ether oxygens (including phenoxy) is 1. The first kappa shape index (κ1) is 7.81. The zero-order valence-corrected chi connectivity index (χ0v) is 5.24. The van der Waals surface area contributed by atoms with Crippen molar-refractivity contribution in [2.24, 2.45) is 0 Å². The molecule has 5 heteroatoms. The van der Waals surface area contributed by atoms with E-state index in [1.54, 1.807) is 0 Å². The Balaban J connectivity index is 2.21. The fraction of sp³-hybridized carbons (Fsp3) is 1.00. The van der Waals surface area contributed by atoms with E-state index < -0.39 is 18.9 Å². The van der Waals surface area contributed by atoms with Crippen LogP contribution in [0, 0.1) is 0 Å². The van der Waals surface area contributed by atoms with E-state index in [1.165, 1.54) is 0 Å². The monoisotopic (exact) mass is 155 g/mol. The molecule has 0 bridgehead atoms. The minimum absolute atomic E-state index is 0.385. The number of hydrogen-bond acceptors (Lipinski definition) is 2. The van der Waals surface area contributed by atoms with Gasteiger partial charge in [0.2, 0.25) is 0 Å². The van der Waals surface area contributed by atoms with Crippen LogP contribution in [0.5, 0.6) is 0 Å². The van der Waals surface area contributed by atoms with Crippen molar-refractivity contribution in [1.29, 1.82) is 0 Å². The van der Waals surface area contributed by atoms with Crippen molar-refractivity contribution in [1.82, 2.24) is 5.32 Å². The lowest BCUT2D eigenvalue weighted by atomic mass is 10.2. The van der Waals surface area contributed by atoms with Crippen LogP contribution in [0.15, 0.2) is 0 Å². The van der Waals surface area contributed by atoms with E-state index >= 15 is 0 Å². The quantitative estimate of drug-likeness (QED) is 0.642. The highest BCUT2D eigenvalue weighted by Gasteiger charge is 2.35. The summed E-state index contributed by atoms with van der Waals surface area (Å²) in [5.74, 6) is 0. The Hall–Kier alpha value is -0.290. The van der Waals surface area contributed by atoms with E-state index in [4.69, 9.17) is 0 Å². The highest BCUT2D eigenvalue weighted by atomic mass is 19.3. The second-order valence-electron chi connectivity index (χ2n) is 2.17. The molecule has 1 aliphatic heterocycles. The van der Waals surface area contributed by atoms with Crippen LogP contribution in [0.25, 0.3) is 0 Å². The van der Waals surface area contributed by atoms with Gasteiger partial charge in [0.1, 0.15) is 0 Å². The van der Waals surface area contributed by atoms with Gasteiger partial charge < -0.3 is 10.1 Å². The van der Waals surface area contributed by atoms with Crippen molar-refractivity contribution in [2.75, 3.05) is 19.8 Å². The average Bonchev–Trinajstić information content (AvgIpc) is 1.80. The fourth-order valence-electron chi connectivity index (χ4n) is 0.621. The minimum atomic E-state index is -3.59. The van der Waals surface area contributed by atoms with Crippen molar-refractivity contribution in [3.8, 4) is 0 Å². The maximum absolute atomic E-state index is 12.0. The van der Waals surface area contributed by atoms with Gasteiger partial charge in [-0.2, -0.15) is 8.78 Å². The molecule has 0 saturated carbocycles. The Morgan fingerprint density at radius 2 is 2.10 bits per heavy atom. The first-order valence-electron chi connectivity index (χ1n) is 2.96. The van der Waals surface area contributed by atoms with Crippen molar-refractivity contribution in [3.63, 3.8) is 0 Å². The van der Waals surface area contributed by atoms with Crippen molar-refractivity contribution < 1.29 is 17.9 Å². The van der Waals surface area contributed by atoms with Gasteiger partial charge in [-0.3, -0.25) is 0 Å². The van der Waals surface area contributed by atoms with E-state index in [9.17, 15) is 13.2 Å². The Bertz CT molecular complexity index is 115. The molecule has 1 aliphatic rings. The third kappa shape index (κ3) is 1.85. The second kappa shape index (κ2) is 2.75. The third-order valence-corrected chi connectivity index (χ3v) is 1.24. The standard InChI is InChI=1S/C5H8F3NO/c6-3-5(7,8)10-4-1-9-2-4/h4,9H,1-3H2. The topological polar surface area (TPSA) is 21.3 Å². The summed E-state index contributed by atoms with van der Waals surface area (Å²) >= 11 is 0. The minimum Gasteiger partial charge on any atom is -0.312 e. The highest BCUT2D eigenvalue weighted by molar-refractivity contribution is 4.76. The lowest BCUT2D eigenvalue weighted by Gasteiger charge is -2.29. The zero-order valence-electron chi connectivity index (χ0n) is 5.24. The number of rotatable bonds is 3. The first-order chi connectivity index (χ1) is 4.64. The highest BCUT2D eigenvalue weighted by Crippen LogP contribution is 2.19. The fourth-order valence-corrected chi connectivity index (χ4v) is 0.621. The van der Waals surface area contributed by atoms with Crippen LogP contribution in [-0.2, 0) is 4.74 Å². The Morgan fingerprint density at radius 1 is 1.50 bits per heavy atom. The molecule has 2 nitrogen and oxygen atoms in total. The van der Waals surface area contributed by atoms with Crippen molar-refractivity contribution in [3.05, 3.63) is 0 Å². The number of nitrogens with one attached hydrogen (secondary N) is 1. The Morgan fingerprint density at radius 3 is 2.40 bits per heavy atom. The Kier molecular flexibility index (Phi) is 2.15. The summed E-state index contributed by atoms with van der Waals surface area (Å²) in [7, 11) is 0. The van der Waals surface area contributed by atoms with Gasteiger partial charge >= 0.3 is 6.11 Å². The molecule has 0 amide bonds. The summed E-state index contributed by atoms with van der Waals surface area (Å²) < 4.78 is 39.4. The van der Waals surface area contributed by atoms with E-state index in [-0.39, 0.29) is 0 Å².